The average Bonchev–Trinajstić information content (AvgIpc) is 2.46. The molecular formula is C9H15N3O. The van der Waals surface area contributed by atoms with Crippen molar-refractivity contribution in [2.24, 2.45) is 5.92 Å². The summed E-state index contributed by atoms with van der Waals surface area (Å²) in [5.41, 5.74) is 0.666. The summed E-state index contributed by atoms with van der Waals surface area (Å²) in [6.45, 7) is 3.95. The molecular weight excluding hydrogens is 166 g/mol. The van der Waals surface area contributed by atoms with E-state index in [1.807, 2.05) is 10.9 Å². The predicted molar refractivity (Wildman–Crippen MR) is 48.1 cm³/mol. The monoisotopic (exact) mass is 181 g/mol. The van der Waals surface area contributed by atoms with Gasteiger partial charge in [0.25, 0.3) is 0 Å². The van der Waals surface area contributed by atoms with Crippen LogP contribution in [0.2, 0.25) is 0 Å². The van der Waals surface area contributed by atoms with Gasteiger partial charge < -0.3 is 5.11 Å². The minimum atomic E-state index is -0.508. The van der Waals surface area contributed by atoms with Crippen LogP contribution in [0.1, 0.15) is 44.5 Å². The Morgan fingerprint density at radius 2 is 2.31 bits per heavy atom. The lowest BCUT2D eigenvalue weighted by molar-refractivity contribution is 0.192. The molecule has 0 radical (unpaired) electrons. The average molecular weight is 181 g/mol. The number of aliphatic hydroxyl groups excluding tert-OH is 1. The van der Waals surface area contributed by atoms with Crippen LogP contribution in [0, 0.1) is 5.92 Å². The Morgan fingerprint density at radius 1 is 1.62 bits per heavy atom. The van der Waals surface area contributed by atoms with Gasteiger partial charge in [-0.3, -0.25) is 0 Å². The second-order valence-electron chi connectivity index (χ2n) is 4.03. The number of aliphatic hydroxyl groups is 1. The first-order valence-electron chi connectivity index (χ1n) is 4.76. The standard InChI is InChI=1S/C9H15N3O/c1-6-3-8(4-6)12-5-9(7(2)13)10-11-12/h5-8,13H,3-4H2,1-2H3/t6-,7-,8+/m1/s1. The predicted octanol–water partition coefficient (Wildman–Crippen LogP) is 1.30. The lowest BCUT2D eigenvalue weighted by Crippen LogP contribution is -2.25. The highest BCUT2D eigenvalue weighted by Crippen LogP contribution is 2.36. The van der Waals surface area contributed by atoms with Crippen molar-refractivity contribution in [3.05, 3.63) is 11.9 Å². The summed E-state index contributed by atoms with van der Waals surface area (Å²) in [6.07, 6.45) is 3.71. The summed E-state index contributed by atoms with van der Waals surface area (Å²) in [6, 6.07) is 0.509. The second-order valence-corrected chi connectivity index (χ2v) is 4.03. The smallest absolute Gasteiger partial charge is 0.111 e. The van der Waals surface area contributed by atoms with Crippen molar-refractivity contribution >= 4 is 0 Å². The molecule has 0 saturated heterocycles. The molecule has 4 nitrogen and oxygen atoms in total. The van der Waals surface area contributed by atoms with Crippen molar-refractivity contribution in [1.29, 1.82) is 0 Å². The Hall–Kier alpha value is -0.900. The Balaban J connectivity index is 2.06. The summed E-state index contributed by atoms with van der Waals surface area (Å²) >= 11 is 0. The van der Waals surface area contributed by atoms with Crippen LogP contribution < -0.4 is 0 Å². The molecule has 2 rings (SSSR count). The van der Waals surface area contributed by atoms with Crippen LogP contribution >= 0.6 is 0 Å². The summed E-state index contributed by atoms with van der Waals surface area (Å²) in [5.74, 6) is 0.809. The second kappa shape index (κ2) is 3.10. The van der Waals surface area contributed by atoms with Crippen molar-refractivity contribution < 1.29 is 5.11 Å². The maximum atomic E-state index is 9.25. The van der Waals surface area contributed by atoms with E-state index in [9.17, 15) is 5.11 Å². The van der Waals surface area contributed by atoms with E-state index >= 15 is 0 Å². The lowest BCUT2D eigenvalue weighted by atomic mass is 9.82. The van der Waals surface area contributed by atoms with E-state index in [2.05, 4.69) is 17.2 Å². The molecule has 1 aromatic rings. The maximum absolute atomic E-state index is 9.25. The molecule has 0 spiro atoms. The lowest BCUT2D eigenvalue weighted by Gasteiger charge is -2.32. The van der Waals surface area contributed by atoms with Crippen LogP contribution in [0.25, 0.3) is 0 Å². The molecule has 1 atom stereocenters. The summed E-state index contributed by atoms with van der Waals surface area (Å²) in [5, 5.41) is 17.2. The van der Waals surface area contributed by atoms with E-state index in [0.29, 0.717) is 11.7 Å². The first-order valence-corrected chi connectivity index (χ1v) is 4.76. The zero-order valence-corrected chi connectivity index (χ0v) is 8.01. The largest absolute Gasteiger partial charge is 0.387 e. The molecule has 1 N–H and O–H groups in total. The Labute approximate surface area is 77.6 Å². The molecule has 1 saturated carbocycles. The number of aromatic nitrogens is 3. The molecule has 72 valence electrons. The van der Waals surface area contributed by atoms with E-state index in [-0.39, 0.29) is 0 Å². The van der Waals surface area contributed by atoms with E-state index in [1.165, 1.54) is 12.8 Å². The van der Waals surface area contributed by atoms with Crippen LogP contribution in [0.15, 0.2) is 6.20 Å². The summed E-state index contributed by atoms with van der Waals surface area (Å²) in [7, 11) is 0. The molecule has 13 heavy (non-hydrogen) atoms. The van der Waals surface area contributed by atoms with Gasteiger partial charge in [-0.2, -0.15) is 0 Å². The molecule has 1 fully saturated rings. The molecule has 0 aromatic carbocycles. The third kappa shape index (κ3) is 1.58. The highest BCUT2D eigenvalue weighted by atomic mass is 16.3. The number of hydrogen-bond acceptors (Lipinski definition) is 3. The zero-order valence-electron chi connectivity index (χ0n) is 8.01. The van der Waals surface area contributed by atoms with E-state index in [0.717, 1.165) is 5.92 Å². The third-order valence-electron chi connectivity index (χ3n) is 2.68. The van der Waals surface area contributed by atoms with Crippen LogP contribution in [0.4, 0.5) is 0 Å². The molecule has 0 unspecified atom stereocenters. The number of rotatable bonds is 2. The summed E-state index contributed by atoms with van der Waals surface area (Å²) in [4.78, 5) is 0. The van der Waals surface area contributed by atoms with Crippen LogP contribution in [-0.4, -0.2) is 20.1 Å². The molecule has 0 amide bonds. The summed E-state index contributed by atoms with van der Waals surface area (Å²) < 4.78 is 1.88. The van der Waals surface area contributed by atoms with Gasteiger partial charge >= 0.3 is 0 Å². The Kier molecular flexibility index (Phi) is 2.07. The van der Waals surface area contributed by atoms with Gasteiger partial charge in [0.2, 0.25) is 0 Å². The van der Waals surface area contributed by atoms with Gasteiger partial charge in [-0.25, -0.2) is 4.68 Å². The van der Waals surface area contributed by atoms with Crippen molar-refractivity contribution in [2.75, 3.05) is 0 Å². The van der Waals surface area contributed by atoms with Gasteiger partial charge in [0.15, 0.2) is 0 Å². The van der Waals surface area contributed by atoms with Crippen molar-refractivity contribution in [2.45, 2.75) is 38.8 Å². The van der Waals surface area contributed by atoms with Gasteiger partial charge in [0.05, 0.1) is 18.3 Å². The van der Waals surface area contributed by atoms with Gasteiger partial charge in [-0.15, -0.1) is 5.10 Å². The minimum Gasteiger partial charge on any atom is -0.387 e. The molecule has 1 aromatic heterocycles. The fraction of sp³-hybridized carbons (Fsp3) is 0.778. The number of nitrogens with zero attached hydrogens (tertiary/aromatic N) is 3. The Morgan fingerprint density at radius 3 is 2.77 bits per heavy atom. The fourth-order valence-corrected chi connectivity index (χ4v) is 1.74. The van der Waals surface area contributed by atoms with E-state index < -0.39 is 6.10 Å². The third-order valence-corrected chi connectivity index (χ3v) is 2.68. The quantitative estimate of drug-likeness (QED) is 0.748. The van der Waals surface area contributed by atoms with E-state index in [1.54, 1.807) is 6.92 Å². The van der Waals surface area contributed by atoms with Crippen molar-refractivity contribution in [3.8, 4) is 0 Å². The molecule has 0 aliphatic heterocycles. The molecule has 1 aliphatic rings. The number of hydrogen-bond donors (Lipinski definition) is 1. The highest BCUT2D eigenvalue weighted by molar-refractivity contribution is 4.97. The molecule has 1 heterocycles. The zero-order chi connectivity index (χ0) is 9.42. The van der Waals surface area contributed by atoms with Gasteiger partial charge in [-0.1, -0.05) is 12.1 Å². The van der Waals surface area contributed by atoms with Crippen LogP contribution in [0.3, 0.4) is 0 Å². The van der Waals surface area contributed by atoms with Crippen LogP contribution in [-0.2, 0) is 0 Å². The van der Waals surface area contributed by atoms with Crippen molar-refractivity contribution in [3.63, 3.8) is 0 Å². The first kappa shape index (κ1) is 8.69. The molecule has 1 aliphatic carbocycles. The first-order chi connectivity index (χ1) is 6.16. The van der Waals surface area contributed by atoms with Gasteiger partial charge in [-0.05, 0) is 25.7 Å². The normalized spacial score (nSPS) is 29.8. The van der Waals surface area contributed by atoms with E-state index in [4.69, 9.17) is 0 Å². The maximum Gasteiger partial charge on any atom is 0.111 e. The molecule has 4 heteroatoms. The SMILES string of the molecule is C[C@@H](O)c1cn([C@H]2C[C@@H](C)C2)nn1. The van der Waals surface area contributed by atoms with Crippen molar-refractivity contribution in [1.82, 2.24) is 15.0 Å². The van der Waals surface area contributed by atoms with Crippen LogP contribution in [0.5, 0.6) is 0 Å². The highest BCUT2D eigenvalue weighted by Gasteiger charge is 2.27. The minimum absolute atomic E-state index is 0.508. The Bertz CT molecular complexity index is 289. The molecule has 0 bridgehead atoms. The topological polar surface area (TPSA) is 50.9 Å². The van der Waals surface area contributed by atoms with Gasteiger partial charge in [0.1, 0.15) is 5.69 Å². The van der Waals surface area contributed by atoms with Gasteiger partial charge in [0, 0.05) is 0 Å². The fourth-order valence-electron chi connectivity index (χ4n) is 1.74.